The lowest BCUT2D eigenvalue weighted by Gasteiger charge is -2.53. The Bertz CT molecular complexity index is 684. The number of aromatic nitrogens is 4. The van der Waals surface area contributed by atoms with Gasteiger partial charge in [0.2, 0.25) is 0 Å². The first-order valence-corrected chi connectivity index (χ1v) is 8.94. The van der Waals surface area contributed by atoms with Gasteiger partial charge in [-0.1, -0.05) is 0 Å². The fourth-order valence-corrected chi connectivity index (χ4v) is 3.97. The van der Waals surface area contributed by atoms with Crippen LogP contribution in [0.2, 0.25) is 0 Å². The molecule has 2 fully saturated rings. The van der Waals surface area contributed by atoms with Crippen LogP contribution in [0.1, 0.15) is 24.8 Å². The third-order valence-electron chi connectivity index (χ3n) is 5.08. The van der Waals surface area contributed by atoms with Gasteiger partial charge in [-0.3, -0.25) is 9.58 Å². The van der Waals surface area contributed by atoms with E-state index in [0.717, 1.165) is 45.5 Å². The minimum atomic E-state index is 0.0500. The number of aryl methyl sites for hydroxylation is 1. The Morgan fingerprint density at radius 2 is 2.16 bits per heavy atom. The predicted molar refractivity (Wildman–Crippen MR) is 92.0 cm³/mol. The Kier molecular flexibility index (Phi) is 4.67. The van der Waals surface area contributed by atoms with E-state index < -0.39 is 0 Å². The summed E-state index contributed by atoms with van der Waals surface area (Å²) in [6, 6.07) is 2.26. The average Bonchev–Trinajstić information content (AvgIpc) is 3.00. The second-order valence-electron chi connectivity index (χ2n) is 7.23. The van der Waals surface area contributed by atoms with Crippen molar-refractivity contribution in [2.75, 3.05) is 26.3 Å². The molecule has 2 aliphatic rings. The standard InChI is InChI=1S/C18H25N5O2/c1-22-11-16(10-21-22)12-23-13-18(14-23)9-15(4-8-25-18)3-7-24-17-19-5-2-6-20-17/h2,5-6,10-11,15H,3-4,7-9,12-14H2,1H3/t15-/m0/s1. The van der Waals surface area contributed by atoms with Gasteiger partial charge >= 0.3 is 6.01 Å². The fraction of sp³-hybridized carbons (Fsp3) is 0.611. The molecule has 2 aliphatic heterocycles. The largest absolute Gasteiger partial charge is 0.463 e. The van der Waals surface area contributed by atoms with E-state index in [-0.39, 0.29) is 5.60 Å². The predicted octanol–water partition coefficient (Wildman–Crippen LogP) is 1.66. The summed E-state index contributed by atoms with van der Waals surface area (Å²) in [5.41, 5.74) is 1.31. The molecule has 7 nitrogen and oxygen atoms in total. The van der Waals surface area contributed by atoms with Gasteiger partial charge in [0.25, 0.3) is 0 Å². The van der Waals surface area contributed by atoms with Gasteiger partial charge in [-0.15, -0.1) is 0 Å². The number of hydrogen-bond donors (Lipinski definition) is 0. The fourth-order valence-electron chi connectivity index (χ4n) is 3.97. The van der Waals surface area contributed by atoms with Crippen LogP contribution in [-0.2, 0) is 18.3 Å². The van der Waals surface area contributed by atoms with Gasteiger partial charge in [-0.25, -0.2) is 9.97 Å². The lowest BCUT2D eigenvalue weighted by atomic mass is 9.79. The third kappa shape index (κ3) is 3.99. The molecule has 7 heteroatoms. The van der Waals surface area contributed by atoms with E-state index in [1.165, 1.54) is 5.56 Å². The van der Waals surface area contributed by atoms with Gasteiger partial charge in [0.05, 0.1) is 18.4 Å². The highest BCUT2D eigenvalue weighted by Gasteiger charge is 2.47. The average molecular weight is 343 g/mol. The number of ether oxygens (including phenoxy) is 2. The van der Waals surface area contributed by atoms with E-state index in [4.69, 9.17) is 9.47 Å². The van der Waals surface area contributed by atoms with Crippen LogP contribution in [0, 0.1) is 5.92 Å². The second kappa shape index (κ2) is 7.09. The Morgan fingerprint density at radius 1 is 1.32 bits per heavy atom. The normalized spacial score (nSPS) is 22.7. The maximum Gasteiger partial charge on any atom is 0.316 e. The molecular formula is C18H25N5O2. The van der Waals surface area contributed by atoms with Crippen LogP contribution in [0.4, 0.5) is 0 Å². The molecule has 2 aromatic heterocycles. The summed E-state index contributed by atoms with van der Waals surface area (Å²) in [5, 5.41) is 4.24. The zero-order valence-electron chi connectivity index (χ0n) is 14.7. The molecule has 0 saturated carbocycles. The van der Waals surface area contributed by atoms with Crippen LogP contribution in [0.25, 0.3) is 0 Å². The van der Waals surface area contributed by atoms with Crippen molar-refractivity contribution >= 4 is 0 Å². The number of rotatable bonds is 6. The van der Waals surface area contributed by atoms with Gasteiger partial charge in [-0.2, -0.15) is 5.10 Å². The van der Waals surface area contributed by atoms with Crippen LogP contribution in [0.15, 0.2) is 30.9 Å². The first-order chi connectivity index (χ1) is 12.2. The highest BCUT2D eigenvalue weighted by atomic mass is 16.5. The van der Waals surface area contributed by atoms with Crippen molar-refractivity contribution in [2.24, 2.45) is 13.0 Å². The van der Waals surface area contributed by atoms with Crippen molar-refractivity contribution < 1.29 is 9.47 Å². The summed E-state index contributed by atoms with van der Waals surface area (Å²) >= 11 is 0. The van der Waals surface area contributed by atoms with Crippen molar-refractivity contribution in [2.45, 2.75) is 31.4 Å². The summed E-state index contributed by atoms with van der Waals surface area (Å²) in [7, 11) is 1.96. The van der Waals surface area contributed by atoms with Crippen molar-refractivity contribution in [1.29, 1.82) is 0 Å². The van der Waals surface area contributed by atoms with E-state index in [0.29, 0.717) is 18.5 Å². The summed E-state index contributed by atoms with van der Waals surface area (Å²) < 4.78 is 13.6. The van der Waals surface area contributed by atoms with E-state index in [2.05, 4.69) is 26.2 Å². The summed E-state index contributed by atoms with van der Waals surface area (Å²) in [4.78, 5) is 10.6. The van der Waals surface area contributed by atoms with E-state index in [9.17, 15) is 0 Å². The molecule has 4 rings (SSSR count). The van der Waals surface area contributed by atoms with Crippen molar-refractivity contribution in [3.8, 4) is 6.01 Å². The smallest absolute Gasteiger partial charge is 0.316 e. The Morgan fingerprint density at radius 3 is 2.92 bits per heavy atom. The molecule has 1 spiro atoms. The number of likely N-dealkylation sites (tertiary alicyclic amines) is 1. The van der Waals surface area contributed by atoms with Gasteiger partial charge in [0.15, 0.2) is 0 Å². The van der Waals surface area contributed by atoms with Crippen LogP contribution in [0.5, 0.6) is 6.01 Å². The van der Waals surface area contributed by atoms with Crippen molar-refractivity contribution in [3.05, 3.63) is 36.4 Å². The van der Waals surface area contributed by atoms with Gasteiger partial charge in [0.1, 0.15) is 0 Å². The Labute approximate surface area is 148 Å². The van der Waals surface area contributed by atoms with Gasteiger partial charge in [0, 0.05) is 57.4 Å². The Hall–Kier alpha value is -1.99. The highest BCUT2D eigenvalue weighted by molar-refractivity contribution is 5.08. The monoisotopic (exact) mass is 343 g/mol. The topological polar surface area (TPSA) is 65.3 Å². The zero-order valence-corrected chi connectivity index (χ0v) is 14.7. The molecule has 2 saturated heterocycles. The van der Waals surface area contributed by atoms with E-state index >= 15 is 0 Å². The number of hydrogen-bond acceptors (Lipinski definition) is 6. The molecule has 0 aromatic carbocycles. The minimum Gasteiger partial charge on any atom is -0.463 e. The Balaban J connectivity index is 1.22. The first kappa shape index (κ1) is 16.5. The molecule has 4 heterocycles. The summed E-state index contributed by atoms with van der Waals surface area (Å²) in [6.07, 6.45) is 10.7. The minimum absolute atomic E-state index is 0.0500. The molecule has 0 radical (unpaired) electrons. The number of nitrogens with zero attached hydrogens (tertiary/aromatic N) is 5. The molecular weight excluding hydrogens is 318 g/mol. The molecule has 0 bridgehead atoms. The van der Waals surface area contributed by atoms with Crippen molar-refractivity contribution in [3.63, 3.8) is 0 Å². The maximum absolute atomic E-state index is 6.14. The van der Waals surface area contributed by atoms with Crippen molar-refractivity contribution in [1.82, 2.24) is 24.6 Å². The van der Waals surface area contributed by atoms with Gasteiger partial charge < -0.3 is 9.47 Å². The maximum atomic E-state index is 6.14. The molecule has 0 N–H and O–H groups in total. The molecule has 25 heavy (non-hydrogen) atoms. The highest BCUT2D eigenvalue weighted by Crippen LogP contribution is 2.38. The lowest BCUT2D eigenvalue weighted by molar-refractivity contribution is -0.182. The molecule has 0 amide bonds. The molecule has 1 atom stereocenters. The van der Waals surface area contributed by atoms with Crippen LogP contribution in [-0.4, -0.2) is 56.6 Å². The van der Waals surface area contributed by atoms with E-state index in [1.807, 2.05) is 17.9 Å². The first-order valence-electron chi connectivity index (χ1n) is 8.94. The summed E-state index contributed by atoms with van der Waals surface area (Å²) in [6.45, 7) is 4.51. The quantitative estimate of drug-likeness (QED) is 0.795. The zero-order chi connectivity index (χ0) is 17.1. The van der Waals surface area contributed by atoms with Crippen LogP contribution >= 0.6 is 0 Å². The van der Waals surface area contributed by atoms with Crippen LogP contribution in [0.3, 0.4) is 0 Å². The molecule has 2 aromatic rings. The van der Waals surface area contributed by atoms with Gasteiger partial charge in [-0.05, 0) is 31.2 Å². The third-order valence-corrected chi connectivity index (χ3v) is 5.08. The summed E-state index contributed by atoms with van der Waals surface area (Å²) in [5.74, 6) is 0.651. The molecule has 0 aliphatic carbocycles. The lowest BCUT2D eigenvalue weighted by Crippen LogP contribution is -2.64. The SMILES string of the molecule is Cn1cc(CN2CC3(C[C@@H](CCOc4ncccn4)CCO3)C2)cn1. The second-order valence-corrected chi connectivity index (χ2v) is 7.23. The molecule has 134 valence electrons. The van der Waals surface area contributed by atoms with Crippen LogP contribution < -0.4 is 4.74 Å². The molecule has 0 unspecified atom stereocenters. The van der Waals surface area contributed by atoms with E-state index in [1.54, 1.807) is 18.5 Å².